The highest BCUT2D eigenvalue weighted by atomic mass is 16.6. The van der Waals surface area contributed by atoms with E-state index in [4.69, 9.17) is 5.26 Å². The van der Waals surface area contributed by atoms with Crippen LogP contribution in [0, 0.1) is 40.2 Å². The number of benzene rings is 1. The highest BCUT2D eigenvalue weighted by Gasteiger charge is 2.08. The number of non-ortho nitro benzene ring substituents is 1. The zero-order chi connectivity index (χ0) is 14.5. The summed E-state index contributed by atoms with van der Waals surface area (Å²) in [7, 11) is 0. The summed E-state index contributed by atoms with van der Waals surface area (Å²) in [6, 6.07) is 9.59. The van der Waals surface area contributed by atoms with Gasteiger partial charge in [0.25, 0.3) is 5.69 Å². The fourth-order valence-electron chi connectivity index (χ4n) is 1.53. The molecule has 0 amide bonds. The molecule has 0 atom stereocenters. The van der Waals surface area contributed by atoms with Crippen molar-refractivity contribution in [1.82, 2.24) is 4.98 Å². The molecule has 0 saturated carbocycles. The van der Waals surface area contributed by atoms with E-state index in [0.29, 0.717) is 11.3 Å². The van der Waals surface area contributed by atoms with Crippen molar-refractivity contribution in [3.63, 3.8) is 0 Å². The molecular weight excluding hydrogens is 254 g/mol. The van der Waals surface area contributed by atoms with Gasteiger partial charge < -0.3 is 0 Å². The maximum Gasteiger partial charge on any atom is 0.271 e. The Labute approximate surface area is 115 Å². The van der Waals surface area contributed by atoms with E-state index in [2.05, 4.69) is 16.8 Å². The fourth-order valence-corrected chi connectivity index (χ4v) is 1.53. The molecule has 0 unspecified atom stereocenters. The second kappa shape index (κ2) is 5.64. The van der Waals surface area contributed by atoms with Crippen LogP contribution in [0.2, 0.25) is 0 Å². The molecule has 0 saturated heterocycles. The molecule has 0 radical (unpaired) electrons. The van der Waals surface area contributed by atoms with Gasteiger partial charge in [-0.15, -0.1) is 0 Å². The average Bonchev–Trinajstić information content (AvgIpc) is 2.46. The zero-order valence-electron chi connectivity index (χ0n) is 10.6. The number of nitro groups is 1. The van der Waals surface area contributed by atoms with E-state index < -0.39 is 4.92 Å². The fraction of sp³-hybridized carbons (Fsp3) is 0.0667. The van der Waals surface area contributed by atoms with E-state index >= 15 is 0 Å². The number of aromatic nitrogens is 1. The Morgan fingerprint density at radius 2 is 1.95 bits per heavy atom. The van der Waals surface area contributed by atoms with Gasteiger partial charge in [-0.25, -0.2) is 4.98 Å². The van der Waals surface area contributed by atoms with Crippen LogP contribution in [0.1, 0.15) is 22.4 Å². The molecule has 0 aliphatic rings. The van der Waals surface area contributed by atoms with Crippen LogP contribution in [0.25, 0.3) is 0 Å². The first-order valence-electron chi connectivity index (χ1n) is 5.73. The van der Waals surface area contributed by atoms with Crippen LogP contribution in [0.5, 0.6) is 0 Å². The van der Waals surface area contributed by atoms with Crippen molar-refractivity contribution in [3.05, 3.63) is 69.0 Å². The first kappa shape index (κ1) is 13.3. The van der Waals surface area contributed by atoms with E-state index in [1.165, 1.54) is 18.2 Å². The van der Waals surface area contributed by atoms with E-state index in [1.54, 1.807) is 12.3 Å². The van der Waals surface area contributed by atoms with Gasteiger partial charge >= 0.3 is 0 Å². The smallest absolute Gasteiger partial charge is 0.258 e. The minimum atomic E-state index is -0.545. The largest absolute Gasteiger partial charge is 0.271 e. The van der Waals surface area contributed by atoms with Crippen molar-refractivity contribution in [2.24, 2.45) is 0 Å². The molecule has 0 bridgehead atoms. The van der Waals surface area contributed by atoms with Crippen molar-refractivity contribution >= 4 is 5.69 Å². The minimum absolute atomic E-state index is 0.148. The predicted octanol–water partition coefficient (Wildman–Crippen LogP) is 2.57. The quantitative estimate of drug-likeness (QED) is 0.450. The molecule has 0 N–H and O–H groups in total. The highest BCUT2D eigenvalue weighted by molar-refractivity contribution is 5.51. The monoisotopic (exact) mass is 263 g/mol. The van der Waals surface area contributed by atoms with Crippen molar-refractivity contribution in [2.45, 2.75) is 6.92 Å². The molecule has 1 aromatic heterocycles. The topological polar surface area (TPSA) is 79.8 Å². The Morgan fingerprint density at radius 3 is 2.55 bits per heavy atom. The molecule has 5 heteroatoms. The molecule has 2 rings (SSSR count). The van der Waals surface area contributed by atoms with Crippen molar-refractivity contribution in [3.8, 4) is 17.9 Å². The summed E-state index contributed by atoms with van der Waals surface area (Å²) in [5.41, 5.74) is 2.07. The first-order chi connectivity index (χ1) is 9.58. The lowest BCUT2D eigenvalue weighted by Gasteiger charge is -1.95. The summed E-state index contributed by atoms with van der Waals surface area (Å²) in [4.78, 5) is 14.3. The zero-order valence-corrected chi connectivity index (χ0v) is 10.6. The number of hydrogen-bond acceptors (Lipinski definition) is 4. The minimum Gasteiger partial charge on any atom is -0.258 e. The standard InChI is InChI=1S/C15H9N3O2/c1-11-2-4-14(17-10-11)5-3-12-6-13(9-16)8-15(7-12)18(19)20/h2,4,6-8,10H,1H3. The average molecular weight is 263 g/mol. The molecule has 96 valence electrons. The Hall–Kier alpha value is -3.18. The van der Waals surface area contributed by atoms with Crippen molar-refractivity contribution in [1.29, 1.82) is 5.26 Å². The van der Waals surface area contributed by atoms with Gasteiger partial charge in [-0.1, -0.05) is 12.0 Å². The van der Waals surface area contributed by atoms with Crippen molar-refractivity contribution < 1.29 is 4.92 Å². The molecule has 20 heavy (non-hydrogen) atoms. The van der Waals surface area contributed by atoms with Crippen LogP contribution in [0.15, 0.2) is 36.5 Å². The molecule has 5 nitrogen and oxygen atoms in total. The van der Waals surface area contributed by atoms with Crippen LogP contribution in [-0.4, -0.2) is 9.91 Å². The lowest BCUT2D eigenvalue weighted by molar-refractivity contribution is -0.384. The summed E-state index contributed by atoms with van der Waals surface area (Å²) < 4.78 is 0. The third-order valence-electron chi connectivity index (χ3n) is 2.50. The van der Waals surface area contributed by atoms with Gasteiger partial charge in [0.1, 0.15) is 5.69 Å². The van der Waals surface area contributed by atoms with E-state index in [9.17, 15) is 10.1 Å². The SMILES string of the molecule is Cc1ccc(C#Cc2cc(C#N)cc([N+](=O)[O-])c2)nc1. The molecule has 0 spiro atoms. The lowest BCUT2D eigenvalue weighted by Crippen LogP contribution is -1.90. The second-order valence-corrected chi connectivity index (χ2v) is 4.11. The van der Waals surface area contributed by atoms with Crippen molar-refractivity contribution in [2.75, 3.05) is 0 Å². The van der Waals surface area contributed by atoms with Gasteiger partial charge in [0.2, 0.25) is 0 Å². The molecular formula is C15H9N3O2. The highest BCUT2D eigenvalue weighted by Crippen LogP contribution is 2.16. The van der Waals surface area contributed by atoms with E-state index in [-0.39, 0.29) is 11.3 Å². The van der Waals surface area contributed by atoms with Gasteiger partial charge in [-0.2, -0.15) is 5.26 Å². The van der Waals surface area contributed by atoms with Gasteiger partial charge in [-0.05, 0) is 30.5 Å². The van der Waals surface area contributed by atoms with Crippen LogP contribution in [-0.2, 0) is 0 Å². The summed E-state index contributed by atoms with van der Waals surface area (Å²) in [5, 5.41) is 19.6. The van der Waals surface area contributed by atoms with Crippen LogP contribution < -0.4 is 0 Å². The Balaban J connectivity index is 2.39. The number of rotatable bonds is 1. The normalized spacial score (nSPS) is 9.20. The maximum atomic E-state index is 10.8. The van der Waals surface area contributed by atoms with Gasteiger partial charge in [0.15, 0.2) is 0 Å². The molecule has 1 heterocycles. The number of nitro benzene ring substituents is 1. The number of aryl methyl sites for hydroxylation is 1. The van der Waals surface area contributed by atoms with E-state index in [0.717, 1.165) is 5.56 Å². The Bertz CT molecular complexity index is 762. The number of hydrogen-bond donors (Lipinski definition) is 0. The summed E-state index contributed by atoms with van der Waals surface area (Å²) >= 11 is 0. The summed E-state index contributed by atoms with van der Waals surface area (Å²) in [5.74, 6) is 5.59. The number of pyridine rings is 1. The second-order valence-electron chi connectivity index (χ2n) is 4.11. The van der Waals surface area contributed by atoms with Crippen LogP contribution >= 0.6 is 0 Å². The van der Waals surface area contributed by atoms with E-state index in [1.807, 2.05) is 19.1 Å². The number of nitrogens with zero attached hydrogens (tertiary/aromatic N) is 3. The van der Waals surface area contributed by atoms with Crippen LogP contribution in [0.4, 0.5) is 5.69 Å². The van der Waals surface area contributed by atoms with Gasteiger partial charge in [0.05, 0.1) is 16.6 Å². The van der Waals surface area contributed by atoms with Gasteiger partial charge in [0, 0.05) is 23.9 Å². The summed E-state index contributed by atoms with van der Waals surface area (Å²) in [6.07, 6.45) is 1.69. The number of nitriles is 1. The van der Waals surface area contributed by atoms with Gasteiger partial charge in [-0.3, -0.25) is 10.1 Å². The molecule has 1 aromatic carbocycles. The lowest BCUT2D eigenvalue weighted by atomic mass is 10.1. The maximum absolute atomic E-state index is 10.8. The molecule has 0 fully saturated rings. The predicted molar refractivity (Wildman–Crippen MR) is 72.8 cm³/mol. The van der Waals surface area contributed by atoms with Crippen LogP contribution in [0.3, 0.4) is 0 Å². The molecule has 0 aliphatic heterocycles. The third kappa shape index (κ3) is 3.18. The summed E-state index contributed by atoms with van der Waals surface area (Å²) in [6.45, 7) is 1.92. The Morgan fingerprint density at radius 1 is 1.20 bits per heavy atom. The third-order valence-corrected chi connectivity index (χ3v) is 2.50. The Kier molecular flexibility index (Phi) is 3.74. The molecule has 0 aliphatic carbocycles. The molecule has 2 aromatic rings. The first-order valence-corrected chi connectivity index (χ1v) is 5.73.